The predicted octanol–water partition coefficient (Wildman–Crippen LogP) is 3.99. The summed E-state index contributed by atoms with van der Waals surface area (Å²) in [6.45, 7) is 10.9. The summed E-state index contributed by atoms with van der Waals surface area (Å²) in [4.78, 5) is 20.1. The van der Waals surface area contributed by atoms with Crippen molar-refractivity contribution in [2.75, 3.05) is 5.32 Å². The van der Waals surface area contributed by atoms with Crippen molar-refractivity contribution in [3.8, 4) is 0 Å². The number of carbonyl (C=O) groups is 1. The largest absolute Gasteiger partial charge is 0.333 e. The third kappa shape index (κ3) is 4.83. The highest BCUT2D eigenvalue weighted by molar-refractivity contribution is 7.89. The Bertz CT molecular complexity index is 975. The van der Waals surface area contributed by atoms with Gasteiger partial charge in [0.2, 0.25) is 0 Å². The van der Waals surface area contributed by atoms with Gasteiger partial charge in [0.25, 0.3) is 5.16 Å². The minimum Gasteiger partial charge on any atom is -0.307 e. The van der Waals surface area contributed by atoms with Crippen molar-refractivity contribution in [2.24, 2.45) is 0 Å². The fourth-order valence-corrected chi connectivity index (χ4v) is 3.48. The van der Waals surface area contributed by atoms with Crippen LogP contribution < -0.4 is 10.0 Å². The fourth-order valence-electron chi connectivity index (χ4n) is 2.65. The number of sulfonamides is 1. The minimum atomic E-state index is -4.25. The molecule has 0 fully saturated rings. The molecular formula is C19H25FN4O3S. The number of urea groups is 1. The van der Waals surface area contributed by atoms with E-state index >= 15 is 0 Å². The molecule has 1 aromatic heterocycles. The van der Waals surface area contributed by atoms with E-state index in [0.29, 0.717) is 22.5 Å². The first-order chi connectivity index (χ1) is 12.9. The molecule has 28 heavy (non-hydrogen) atoms. The van der Waals surface area contributed by atoms with Gasteiger partial charge in [-0.3, -0.25) is 0 Å². The molecular weight excluding hydrogens is 383 g/mol. The summed E-state index contributed by atoms with van der Waals surface area (Å²) >= 11 is 0. The van der Waals surface area contributed by atoms with E-state index in [0.717, 1.165) is 5.56 Å². The molecule has 0 spiro atoms. The number of nitrogens with one attached hydrogen (secondary N) is 2. The fraction of sp³-hybridized carbons (Fsp3) is 0.421. The van der Waals surface area contributed by atoms with Crippen molar-refractivity contribution in [3.05, 3.63) is 46.5 Å². The van der Waals surface area contributed by atoms with Crippen molar-refractivity contribution in [2.45, 2.75) is 58.5 Å². The number of rotatable bonds is 5. The molecule has 0 aliphatic rings. The van der Waals surface area contributed by atoms with Crippen LogP contribution in [0.4, 0.5) is 14.9 Å². The summed E-state index contributed by atoms with van der Waals surface area (Å²) in [6, 6.07) is 1.72. The van der Waals surface area contributed by atoms with Gasteiger partial charge in [-0.25, -0.2) is 23.9 Å². The van der Waals surface area contributed by atoms with Crippen LogP contribution in [0.1, 0.15) is 61.9 Å². The molecule has 0 aliphatic heterocycles. The number of benzene rings is 1. The van der Waals surface area contributed by atoms with Gasteiger partial charge in [0.05, 0.1) is 0 Å². The van der Waals surface area contributed by atoms with Gasteiger partial charge in [0.1, 0.15) is 5.82 Å². The molecule has 1 heterocycles. The molecule has 2 N–H and O–H groups in total. The smallest absolute Gasteiger partial charge is 0.307 e. The first kappa shape index (κ1) is 21.7. The monoisotopic (exact) mass is 408 g/mol. The molecule has 2 aromatic rings. The second-order valence-corrected chi connectivity index (χ2v) is 8.83. The Hall–Kier alpha value is -2.55. The van der Waals surface area contributed by atoms with Gasteiger partial charge >= 0.3 is 16.1 Å². The summed E-state index contributed by atoms with van der Waals surface area (Å²) in [5, 5.41) is 2.08. The van der Waals surface area contributed by atoms with Crippen LogP contribution in [0.2, 0.25) is 0 Å². The lowest BCUT2D eigenvalue weighted by Crippen LogP contribution is -2.36. The molecule has 9 heteroatoms. The lowest BCUT2D eigenvalue weighted by Gasteiger charge is -2.20. The molecule has 0 radical (unpaired) electrons. The van der Waals surface area contributed by atoms with Gasteiger partial charge in [0.15, 0.2) is 0 Å². The van der Waals surface area contributed by atoms with Gasteiger partial charge in [-0.1, -0.05) is 27.7 Å². The maximum atomic E-state index is 14.0. The number of aryl methyl sites for hydroxylation is 2. The second kappa shape index (κ2) is 8.22. The van der Waals surface area contributed by atoms with Crippen LogP contribution in [-0.2, 0) is 10.0 Å². The zero-order chi connectivity index (χ0) is 21.2. The highest BCUT2D eigenvalue weighted by Gasteiger charge is 2.24. The summed E-state index contributed by atoms with van der Waals surface area (Å²) in [5.74, 6) is -0.569. The molecule has 2 amide bonds. The predicted molar refractivity (Wildman–Crippen MR) is 105 cm³/mol. The zero-order valence-electron chi connectivity index (χ0n) is 16.8. The van der Waals surface area contributed by atoms with Crippen molar-refractivity contribution < 1.29 is 17.6 Å². The summed E-state index contributed by atoms with van der Waals surface area (Å²) in [7, 11) is -4.25. The van der Waals surface area contributed by atoms with Gasteiger partial charge < -0.3 is 5.32 Å². The number of aromatic nitrogens is 2. The second-order valence-electron chi connectivity index (χ2n) is 7.25. The lowest BCUT2D eigenvalue weighted by molar-refractivity contribution is 0.256. The number of hydrogen-bond donors (Lipinski definition) is 2. The standard InChI is InChI=1S/C19H25FN4O3S/c1-10(2)15-7-14(20)8-16(11(3)4)17(15)23-18(25)24-28(26,27)19-21-9-12(5)13(6)22-19/h7-11H,1-6H3,(H2,23,24,25). The lowest BCUT2D eigenvalue weighted by atomic mass is 9.92. The molecule has 0 bridgehead atoms. The number of anilines is 1. The van der Waals surface area contributed by atoms with Gasteiger partial charge in [-0.15, -0.1) is 0 Å². The maximum absolute atomic E-state index is 14.0. The number of nitrogens with zero attached hydrogens (tertiary/aromatic N) is 2. The number of halogens is 1. The van der Waals surface area contributed by atoms with Gasteiger partial charge in [-0.2, -0.15) is 8.42 Å². The molecule has 0 aliphatic carbocycles. The maximum Gasteiger partial charge on any atom is 0.333 e. The third-order valence-corrected chi connectivity index (χ3v) is 5.45. The Labute approximate surface area is 164 Å². The van der Waals surface area contributed by atoms with E-state index in [-0.39, 0.29) is 11.8 Å². The Morgan fingerprint density at radius 2 is 1.61 bits per heavy atom. The molecule has 0 atom stereocenters. The minimum absolute atomic E-state index is 0.0804. The summed E-state index contributed by atoms with van der Waals surface area (Å²) in [6.07, 6.45) is 1.38. The van der Waals surface area contributed by atoms with Crippen LogP contribution in [-0.4, -0.2) is 24.4 Å². The van der Waals surface area contributed by atoms with E-state index in [9.17, 15) is 17.6 Å². The number of hydrogen-bond acceptors (Lipinski definition) is 5. The topological polar surface area (TPSA) is 101 Å². The number of carbonyl (C=O) groups excluding carboxylic acids is 1. The van der Waals surface area contributed by atoms with E-state index in [2.05, 4.69) is 15.3 Å². The molecule has 1 aromatic carbocycles. The van der Waals surface area contributed by atoms with Gasteiger partial charge in [0, 0.05) is 17.6 Å². The molecule has 2 rings (SSSR count). The van der Waals surface area contributed by atoms with E-state index in [4.69, 9.17) is 0 Å². The molecule has 0 saturated carbocycles. The third-order valence-electron chi connectivity index (χ3n) is 4.32. The van der Waals surface area contributed by atoms with Crippen LogP contribution in [0.5, 0.6) is 0 Å². The van der Waals surface area contributed by atoms with Crippen LogP contribution in [0.3, 0.4) is 0 Å². The van der Waals surface area contributed by atoms with Crippen LogP contribution in [0, 0.1) is 19.7 Å². The molecule has 152 valence electrons. The highest BCUT2D eigenvalue weighted by Crippen LogP contribution is 2.33. The Kier molecular flexibility index (Phi) is 6.38. The van der Waals surface area contributed by atoms with Crippen LogP contribution in [0.25, 0.3) is 0 Å². The molecule has 0 unspecified atom stereocenters. The number of amides is 2. The van der Waals surface area contributed by atoms with E-state index in [1.54, 1.807) is 13.8 Å². The normalized spacial score (nSPS) is 11.8. The first-order valence-electron chi connectivity index (χ1n) is 8.89. The first-order valence-corrected chi connectivity index (χ1v) is 10.4. The van der Waals surface area contributed by atoms with E-state index < -0.39 is 27.0 Å². The average Bonchev–Trinajstić information content (AvgIpc) is 2.57. The van der Waals surface area contributed by atoms with Crippen molar-refractivity contribution in [1.82, 2.24) is 14.7 Å². The van der Waals surface area contributed by atoms with Gasteiger partial charge in [-0.05, 0) is 54.5 Å². The van der Waals surface area contributed by atoms with Crippen molar-refractivity contribution in [1.29, 1.82) is 0 Å². The van der Waals surface area contributed by atoms with Crippen molar-refractivity contribution >= 4 is 21.7 Å². The molecule has 7 nitrogen and oxygen atoms in total. The zero-order valence-corrected chi connectivity index (χ0v) is 17.6. The average molecular weight is 408 g/mol. The van der Waals surface area contributed by atoms with Crippen LogP contribution >= 0.6 is 0 Å². The summed E-state index contributed by atoms with van der Waals surface area (Å²) in [5.41, 5.74) is 2.80. The van der Waals surface area contributed by atoms with E-state index in [1.165, 1.54) is 18.3 Å². The summed E-state index contributed by atoms with van der Waals surface area (Å²) < 4.78 is 40.8. The van der Waals surface area contributed by atoms with Crippen molar-refractivity contribution in [3.63, 3.8) is 0 Å². The Morgan fingerprint density at radius 3 is 2.07 bits per heavy atom. The molecule has 0 saturated heterocycles. The van der Waals surface area contributed by atoms with Crippen LogP contribution in [0.15, 0.2) is 23.5 Å². The Balaban J connectivity index is 2.35. The Morgan fingerprint density at radius 1 is 1.07 bits per heavy atom. The highest BCUT2D eigenvalue weighted by atomic mass is 32.2. The quantitative estimate of drug-likeness (QED) is 0.729. The van der Waals surface area contributed by atoms with E-state index in [1.807, 2.05) is 32.4 Å². The SMILES string of the molecule is Cc1cnc(S(=O)(=O)NC(=O)Nc2c(C(C)C)cc(F)cc2C(C)C)nc1C.